The molecule has 2 aromatic rings. The Balaban J connectivity index is 1.81. The third-order valence-corrected chi connectivity index (χ3v) is 5.80. The van der Waals surface area contributed by atoms with Gasteiger partial charge in [-0.3, -0.25) is 9.79 Å². The number of rotatable bonds is 4. The number of aliphatic imine (C=N–C) groups is 2. The number of nitrogens with zero attached hydrogens (tertiary/aromatic N) is 2. The third kappa shape index (κ3) is 3.68. The molecule has 1 amide bonds. The smallest absolute Gasteiger partial charge is 0.256 e. The molecule has 0 bridgehead atoms. The Morgan fingerprint density at radius 1 is 1.27 bits per heavy atom. The van der Waals surface area contributed by atoms with Crippen molar-refractivity contribution in [2.75, 3.05) is 0 Å². The van der Waals surface area contributed by atoms with Gasteiger partial charge in [-0.1, -0.05) is 18.2 Å². The summed E-state index contributed by atoms with van der Waals surface area (Å²) in [4.78, 5) is 23.7. The summed E-state index contributed by atoms with van der Waals surface area (Å²) in [7, 11) is 0. The summed E-state index contributed by atoms with van der Waals surface area (Å²) in [5.41, 5.74) is 4.92. The Morgan fingerprint density at radius 3 is 2.77 bits per heavy atom. The van der Waals surface area contributed by atoms with E-state index in [0.717, 1.165) is 24.1 Å². The maximum absolute atomic E-state index is 12.4. The molecule has 1 N–H and O–H groups in total. The predicted molar refractivity (Wildman–Crippen MR) is 110 cm³/mol. The van der Waals surface area contributed by atoms with Gasteiger partial charge in [0.05, 0.1) is 11.9 Å². The highest BCUT2D eigenvalue weighted by Crippen LogP contribution is 2.38. The quantitative estimate of drug-likeness (QED) is 0.619. The van der Waals surface area contributed by atoms with Crippen LogP contribution in [0.2, 0.25) is 0 Å². The van der Waals surface area contributed by atoms with E-state index in [9.17, 15) is 4.79 Å². The minimum absolute atomic E-state index is 0.154. The summed E-state index contributed by atoms with van der Waals surface area (Å²) in [6, 6.07) is 7.50. The average molecular weight is 366 g/mol. The molecule has 1 aromatic heterocycles. The zero-order chi connectivity index (χ0) is 18.7. The highest BCUT2D eigenvalue weighted by Gasteiger charge is 2.22. The highest BCUT2D eigenvalue weighted by molar-refractivity contribution is 7.12. The van der Waals surface area contributed by atoms with Gasteiger partial charge in [-0.25, -0.2) is 4.99 Å². The Morgan fingerprint density at radius 2 is 2.04 bits per heavy atom. The van der Waals surface area contributed by atoms with Gasteiger partial charge >= 0.3 is 0 Å². The zero-order valence-corrected chi connectivity index (χ0v) is 16.2. The number of amidine groups is 1. The number of thiophene rings is 1. The van der Waals surface area contributed by atoms with Crippen LogP contribution in [-0.4, -0.2) is 18.5 Å². The molecule has 0 unspecified atom stereocenters. The average Bonchev–Trinajstić information content (AvgIpc) is 3.17. The maximum atomic E-state index is 12.4. The zero-order valence-electron chi connectivity index (χ0n) is 15.4. The molecule has 0 saturated carbocycles. The first-order chi connectivity index (χ1) is 12.5. The van der Waals surface area contributed by atoms with Crippen molar-refractivity contribution in [2.45, 2.75) is 40.0 Å². The molecule has 3 rings (SSSR count). The lowest BCUT2D eigenvalue weighted by atomic mass is 10.1. The van der Waals surface area contributed by atoms with Crippen LogP contribution in [0, 0.1) is 13.8 Å². The first-order valence-corrected chi connectivity index (χ1v) is 9.52. The van der Waals surface area contributed by atoms with E-state index in [1.807, 2.05) is 42.5 Å². The Labute approximate surface area is 158 Å². The number of hydrogen-bond donors (Lipinski definition) is 1. The molecule has 0 radical (unpaired) electrons. The minimum atomic E-state index is -0.154. The van der Waals surface area contributed by atoms with Crippen molar-refractivity contribution in [1.82, 2.24) is 5.32 Å². The van der Waals surface area contributed by atoms with Crippen LogP contribution in [0.25, 0.3) is 5.70 Å². The van der Waals surface area contributed by atoms with E-state index in [1.54, 1.807) is 13.1 Å². The Kier molecular flexibility index (Phi) is 5.47. The van der Waals surface area contributed by atoms with Crippen molar-refractivity contribution >= 4 is 35.5 Å². The van der Waals surface area contributed by atoms with E-state index in [2.05, 4.69) is 28.9 Å². The van der Waals surface area contributed by atoms with Crippen molar-refractivity contribution in [3.05, 3.63) is 62.5 Å². The van der Waals surface area contributed by atoms with Crippen molar-refractivity contribution in [3.8, 4) is 0 Å². The fraction of sp³-hybridized carbons (Fsp3) is 0.286. The van der Waals surface area contributed by atoms with Gasteiger partial charge < -0.3 is 5.32 Å². The minimum Gasteiger partial charge on any atom is -0.310 e. The molecule has 26 heavy (non-hydrogen) atoms. The predicted octanol–water partition coefficient (Wildman–Crippen LogP) is 4.70. The van der Waals surface area contributed by atoms with Crippen LogP contribution < -0.4 is 5.32 Å². The lowest BCUT2D eigenvalue weighted by Gasteiger charge is -2.07. The second-order valence-electron chi connectivity index (χ2n) is 6.44. The number of carbonyl (C=O) groups excluding carboxylic acids is 1. The summed E-state index contributed by atoms with van der Waals surface area (Å²) in [5, 5.41) is 2.84. The monoisotopic (exact) mass is 365 g/mol. The number of benzene rings is 1. The fourth-order valence-corrected chi connectivity index (χ4v) is 4.58. The van der Waals surface area contributed by atoms with Gasteiger partial charge in [-0.15, -0.1) is 11.3 Å². The van der Waals surface area contributed by atoms with Gasteiger partial charge in [0, 0.05) is 20.9 Å². The van der Waals surface area contributed by atoms with Crippen LogP contribution in [0.3, 0.4) is 0 Å². The van der Waals surface area contributed by atoms with Crippen LogP contribution in [0.15, 0.2) is 40.5 Å². The van der Waals surface area contributed by atoms with Gasteiger partial charge in [0.15, 0.2) is 0 Å². The van der Waals surface area contributed by atoms with E-state index in [1.165, 1.54) is 27.3 Å². The highest BCUT2D eigenvalue weighted by atomic mass is 32.1. The fourth-order valence-electron chi connectivity index (χ4n) is 3.31. The van der Waals surface area contributed by atoms with Crippen LogP contribution in [0.4, 0.5) is 0 Å². The van der Waals surface area contributed by atoms with E-state index in [-0.39, 0.29) is 5.91 Å². The summed E-state index contributed by atoms with van der Waals surface area (Å²) >= 11 is 1.84. The Hall–Kier alpha value is -2.53. The van der Waals surface area contributed by atoms with E-state index >= 15 is 0 Å². The topological polar surface area (TPSA) is 53.8 Å². The first-order valence-electron chi connectivity index (χ1n) is 8.71. The van der Waals surface area contributed by atoms with Crippen molar-refractivity contribution in [2.24, 2.45) is 9.98 Å². The van der Waals surface area contributed by atoms with E-state index in [0.29, 0.717) is 11.4 Å². The largest absolute Gasteiger partial charge is 0.310 e. The second kappa shape index (κ2) is 7.79. The number of amides is 1. The number of fused-ring (bicyclic) bond motifs is 1. The van der Waals surface area contributed by atoms with Crippen molar-refractivity contribution < 1.29 is 4.79 Å². The molecule has 1 aliphatic rings. The molecule has 1 aliphatic carbocycles. The number of aryl methyl sites for hydroxylation is 3. The van der Waals surface area contributed by atoms with Gasteiger partial charge in [-0.2, -0.15) is 0 Å². The van der Waals surface area contributed by atoms with Gasteiger partial charge in [0.25, 0.3) is 5.91 Å². The van der Waals surface area contributed by atoms with Crippen LogP contribution in [-0.2, 0) is 12.8 Å². The summed E-state index contributed by atoms with van der Waals surface area (Å²) in [6.45, 7) is 9.52. The second-order valence-corrected chi connectivity index (χ2v) is 7.75. The molecule has 5 heteroatoms. The van der Waals surface area contributed by atoms with Crippen LogP contribution in [0.5, 0.6) is 0 Å². The molecular weight excluding hydrogens is 342 g/mol. The molecule has 0 aliphatic heterocycles. The molecule has 0 atom stereocenters. The number of carbonyl (C=O) groups is 1. The summed E-state index contributed by atoms with van der Waals surface area (Å²) in [5.74, 6) is 0.377. The Bertz CT molecular complexity index is 921. The summed E-state index contributed by atoms with van der Waals surface area (Å²) < 4.78 is 0. The molecule has 0 spiro atoms. The van der Waals surface area contributed by atoms with Crippen LogP contribution >= 0.6 is 11.3 Å². The van der Waals surface area contributed by atoms with Gasteiger partial charge in [-0.05, 0) is 63.9 Å². The van der Waals surface area contributed by atoms with Gasteiger partial charge in [0.1, 0.15) is 5.84 Å². The van der Waals surface area contributed by atoms with Gasteiger partial charge in [0.2, 0.25) is 0 Å². The molecule has 1 aromatic carbocycles. The van der Waals surface area contributed by atoms with Crippen LogP contribution in [0.1, 0.15) is 50.1 Å². The molecule has 0 saturated heterocycles. The molecule has 0 fully saturated rings. The maximum Gasteiger partial charge on any atom is 0.256 e. The van der Waals surface area contributed by atoms with E-state index in [4.69, 9.17) is 0 Å². The molecule has 4 nitrogen and oxygen atoms in total. The summed E-state index contributed by atoms with van der Waals surface area (Å²) in [6.07, 6.45) is 5.15. The molecule has 1 heterocycles. The lowest BCUT2D eigenvalue weighted by Crippen LogP contribution is -2.28. The SMILES string of the molecule is C=N/C(=C\N=C(C)NC(=O)c1ccccc1C)c1c(C)sc2c1CCC2. The van der Waals surface area contributed by atoms with E-state index < -0.39 is 0 Å². The number of nitrogens with one attached hydrogen (secondary N) is 1. The molecule has 134 valence electrons. The van der Waals surface area contributed by atoms with Crippen molar-refractivity contribution in [3.63, 3.8) is 0 Å². The normalized spacial score (nSPS) is 14.3. The third-order valence-electron chi connectivity index (χ3n) is 4.59. The molecular formula is C21H23N3OS. The lowest BCUT2D eigenvalue weighted by molar-refractivity contribution is 0.0976. The number of hydrogen-bond acceptors (Lipinski definition) is 4. The first kappa shape index (κ1) is 18.3. The van der Waals surface area contributed by atoms with Crippen molar-refractivity contribution in [1.29, 1.82) is 0 Å². The standard InChI is InChI=1S/C21H23N3OS/c1-13-8-5-6-9-16(13)21(25)24-15(3)23-12-18(22-4)20-14(2)26-19-11-7-10-17(19)20/h5-6,8-9,12H,4,7,10-11H2,1-3H3,(H,23,24,25)/b18-12-.